The van der Waals surface area contributed by atoms with Crippen LogP contribution in [-0.2, 0) is 3.93 Å². The minimum atomic E-state index is -2.67. The van der Waals surface area contributed by atoms with E-state index in [1.807, 2.05) is 0 Å². The summed E-state index contributed by atoms with van der Waals surface area (Å²) in [7, 11) is 0. The molecule has 0 atom stereocenters. The highest BCUT2D eigenvalue weighted by Gasteiger charge is 2.26. The maximum atomic E-state index is 12.9. The lowest BCUT2D eigenvalue weighted by Crippen LogP contribution is -2.02. The Hall–Kier alpha value is -0.320. The van der Waals surface area contributed by atoms with Crippen molar-refractivity contribution in [2.24, 2.45) is 0 Å². The van der Waals surface area contributed by atoms with Crippen molar-refractivity contribution >= 4 is 25.2 Å². The van der Waals surface area contributed by atoms with Gasteiger partial charge < -0.3 is 0 Å². The first kappa shape index (κ1) is 8.77. The molecule has 0 bridgehead atoms. The van der Waals surface area contributed by atoms with Gasteiger partial charge >= 0.3 is 3.93 Å². The Kier molecular flexibility index (Phi) is 2.70. The predicted molar refractivity (Wildman–Crippen MR) is 51.5 cm³/mol. The van der Waals surface area contributed by atoms with Gasteiger partial charge in [-0.25, -0.2) is 0 Å². The summed E-state index contributed by atoms with van der Waals surface area (Å²) in [5, 5.41) is 0. The van der Waals surface area contributed by atoms with E-state index in [9.17, 15) is 8.78 Å². The van der Waals surface area contributed by atoms with E-state index in [2.05, 4.69) is 4.51 Å². The largest absolute Gasteiger partial charge is 0.316 e. The maximum absolute atomic E-state index is 12.9. The summed E-state index contributed by atoms with van der Waals surface area (Å²) in [5.74, 6) is 0. The van der Waals surface area contributed by atoms with E-state index in [4.69, 9.17) is 0 Å². The number of hydrogen-bond acceptors (Lipinski definition) is 0. The quantitative estimate of drug-likeness (QED) is 0.571. The molecule has 3 heteroatoms. The van der Waals surface area contributed by atoms with Gasteiger partial charge in [-0.05, 0) is 20.7 Å². The normalized spacial score (nSPS) is 11.5. The number of benzene rings is 1. The van der Waals surface area contributed by atoms with Crippen LogP contribution in [-0.4, -0.2) is 4.51 Å². The number of rotatable bonds is 2. The molecule has 60 valence electrons. The first-order valence-corrected chi connectivity index (χ1v) is 5.60. The molecule has 0 nitrogen and oxygen atoms in total. The Morgan fingerprint density at radius 1 is 1.18 bits per heavy atom. The average Bonchev–Trinajstić information content (AvgIpc) is 2.06. The predicted octanol–water partition coefficient (Wildman–Crippen LogP) is 3.14. The molecule has 0 N–H and O–H groups in total. The van der Waals surface area contributed by atoms with Gasteiger partial charge in [0.15, 0.2) is 0 Å². The van der Waals surface area contributed by atoms with Gasteiger partial charge in [-0.2, -0.15) is 8.78 Å². The molecule has 0 spiro atoms. The van der Waals surface area contributed by atoms with E-state index in [0.29, 0.717) is 0 Å². The van der Waals surface area contributed by atoms with Crippen molar-refractivity contribution < 1.29 is 8.78 Å². The third-order valence-corrected chi connectivity index (χ3v) is 2.85. The zero-order valence-electron chi connectivity index (χ0n) is 5.73. The van der Waals surface area contributed by atoms with E-state index in [0.717, 1.165) is 0 Å². The van der Waals surface area contributed by atoms with Crippen molar-refractivity contribution in [2.75, 3.05) is 0 Å². The highest BCUT2D eigenvalue weighted by molar-refractivity contribution is 14.2. The summed E-state index contributed by atoms with van der Waals surface area (Å²) in [5.41, 5.74) is 0.0859. The molecule has 0 amide bonds. The van der Waals surface area contributed by atoms with E-state index < -0.39 is 24.7 Å². The molecular weight excluding hydrogens is 261 g/mol. The second-order valence-corrected chi connectivity index (χ2v) is 4.12. The van der Waals surface area contributed by atoms with Crippen molar-refractivity contribution in [3.63, 3.8) is 0 Å². The van der Waals surface area contributed by atoms with Crippen LogP contribution in [0, 0.1) is 0 Å². The number of halogens is 3. The smallest absolute Gasteiger partial charge is 0.190 e. The lowest BCUT2D eigenvalue weighted by molar-refractivity contribution is 0.127. The van der Waals surface area contributed by atoms with Crippen molar-refractivity contribution in [1.82, 2.24) is 0 Å². The zero-order valence-corrected chi connectivity index (χ0v) is 7.89. The molecule has 0 unspecified atom stereocenters. The SMILES string of the molecule is C=IC(F)(F)c1ccccc1. The summed E-state index contributed by atoms with van der Waals surface area (Å²) in [6, 6.07) is 7.82. The molecule has 0 saturated carbocycles. The first-order valence-electron chi connectivity index (χ1n) is 2.99. The fraction of sp³-hybridized carbons (Fsp3) is 0.125. The van der Waals surface area contributed by atoms with Gasteiger partial charge in [0.2, 0.25) is 0 Å². The summed E-state index contributed by atoms with van der Waals surface area (Å²) >= 11 is -1.30. The molecule has 0 heterocycles. The highest BCUT2D eigenvalue weighted by atomic mass is 127. The van der Waals surface area contributed by atoms with Crippen LogP contribution < -0.4 is 0 Å². The van der Waals surface area contributed by atoms with E-state index >= 15 is 0 Å². The fourth-order valence-electron chi connectivity index (χ4n) is 0.704. The molecule has 1 rings (SSSR count). The van der Waals surface area contributed by atoms with Gasteiger partial charge in [-0.1, -0.05) is 34.8 Å². The van der Waals surface area contributed by atoms with Crippen LogP contribution in [0.1, 0.15) is 5.56 Å². The molecular formula is C8H7F2I. The van der Waals surface area contributed by atoms with Crippen molar-refractivity contribution in [3.8, 4) is 0 Å². The zero-order chi connectivity index (χ0) is 8.32. The van der Waals surface area contributed by atoms with Crippen molar-refractivity contribution in [1.29, 1.82) is 0 Å². The van der Waals surface area contributed by atoms with Crippen LogP contribution in [0.5, 0.6) is 0 Å². The molecule has 0 aliphatic heterocycles. The number of alkyl halides is 3. The minimum Gasteiger partial charge on any atom is -0.190 e. The molecule has 11 heavy (non-hydrogen) atoms. The van der Waals surface area contributed by atoms with Gasteiger partial charge in [0.25, 0.3) is 0 Å². The fourth-order valence-corrected chi connectivity index (χ4v) is 1.50. The monoisotopic (exact) mass is 268 g/mol. The number of hydrogen-bond donors (Lipinski definition) is 0. The Bertz CT molecular complexity index is 244. The van der Waals surface area contributed by atoms with E-state index in [1.165, 1.54) is 12.1 Å². The summed E-state index contributed by atoms with van der Waals surface area (Å²) in [6.07, 6.45) is 0. The van der Waals surface area contributed by atoms with Gasteiger partial charge in [0.05, 0.1) is 0 Å². The Labute approximate surface area is 74.0 Å². The van der Waals surface area contributed by atoms with E-state index in [-0.39, 0.29) is 5.56 Å². The third kappa shape index (κ3) is 2.05. The molecule has 0 aliphatic rings. The molecule has 0 aliphatic carbocycles. The topological polar surface area (TPSA) is 0 Å². The Balaban J connectivity index is 3.02. The van der Waals surface area contributed by atoms with Crippen LogP contribution in [0.3, 0.4) is 0 Å². The summed E-state index contributed by atoms with van der Waals surface area (Å²) < 4.78 is 26.4. The van der Waals surface area contributed by atoms with Gasteiger partial charge in [-0.3, -0.25) is 0 Å². The first-order chi connectivity index (χ1) is 5.17. The molecule has 1 aromatic rings. The Morgan fingerprint density at radius 3 is 2.18 bits per heavy atom. The molecule has 0 aromatic heterocycles. The van der Waals surface area contributed by atoms with Crippen LogP contribution in [0.4, 0.5) is 8.78 Å². The van der Waals surface area contributed by atoms with Gasteiger partial charge in [0.1, 0.15) is 0 Å². The van der Waals surface area contributed by atoms with Gasteiger partial charge in [0, 0.05) is 5.56 Å². The Morgan fingerprint density at radius 2 is 1.73 bits per heavy atom. The van der Waals surface area contributed by atoms with E-state index in [1.54, 1.807) is 18.2 Å². The summed E-state index contributed by atoms with van der Waals surface area (Å²) in [6.45, 7) is 0. The van der Waals surface area contributed by atoms with Crippen LogP contribution >= 0.6 is 20.7 Å². The second kappa shape index (κ2) is 3.38. The minimum absolute atomic E-state index is 0.0859. The molecule has 0 radical (unpaired) electrons. The highest BCUT2D eigenvalue weighted by Crippen LogP contribution is 2.37. The van der Waals surface area contributed by atoms with Crippen molar-refractivity contribution in [3.05, 3.63) is 35.9 Å². The lowest BCUT2D eigenvalue weighted by atomic mass is 10.2. The summed E-state index contributed by atoms with van der Waals surface area (Å²) in [4.78, 5) is 0. The van der Waals surface area contributed by atoms with Crippen molar-refractivity contribution in [2.45, 2.75) is 3.93 Å². The lowest BCUT2D eigenvalue weighted by Gasteiger charge is -2.09. The molecule has 0 saturated heterocycles. The standard InChI is InChI=1S/C8H7F2I/c1-11-8(9,10)7-5-3-2-4-6-7/h2-6H,1H2. The molecule has 0 fully saturated rings. The van der Waals surface area contributed by atoms with Crippen LogP contribution in [0.25, 0.3) is 0 Å². The second-order valence-electron chi connectivity index (χ2n) is 2.00. The average molecular weight is 268 g/mol. The molecule has 1 aromatic carbocycles. The van der Waals surface area contributed by atoms with Crippen LogP contribution in [0.2, 0.25) is 0 Å². The van der Waals surface area contributed by atoms with Crippen LogP contribution in [0.15, 0.2) is 30.3 Å². The third-order valence-electron chi connectivity index (χ3n) is 1.27. The maximum Gasteiger partial charge on any atom is 0.316 e. The van der Waals surface area contributed by atoms with Gasteiger partial charge in [-0.15, -0.1) is 0 Å².